The molecule has 1 aromatic rings. The third kappa shape index (κ3) is 2.86. The summed E-state index contributed by atoms with van der Waals surface area (Å²) in [6.07, 6.45) is 2.60. The van der Waals surface area contributed by atoms with E-state index in [0.717, 1.165) is 23.4 Å². The monoisotopic (exact) mass is 283 g/mol. The van der Waals surface area contributed by atoms with Gasteiger partial charge in [-0.1, -0.05) is 12.8 Å². The van der Waals surface area contributed by atoms with Gasteiger partial charge in [-0.25, -0.2) is 14.6 Å². The van der Waals surface area contributed by atoms with Gasteiger partial charge in [-0.05, 0) is 26.7 Å². The molecule has 0 aliphatic heterocycles. The van der Waals surface area contributed by atoms with Crippen LogP contribution in [0.5, 0.6) is 0 Å². The number of anilines is 1. The molecule has 7 heteroatoms. The number of nitrogens with one attached hydrogen (secondary N) is 2. The molecule has 19 heavy (non-hydrogen) atoms. The zero-order chi connectivity index (χ0) is 14.0. The minimum atomic E-state index is -1.12. The van der Waals surface area contributed by atoms with Gasteiger partial charge in [0.05, 0.1) is 5.69 Å². The maximum absolute atomic E-state index is 11.9. The summed E-state index contributed by atoms with van der Waals surface area (Å²) in [6, 6.07) is -0.502. The summed E-state index contributed by atoms with van der Waals surface area (Å²) >= 11 is 1.38. The highest BCUT2D eigenvalue weighted by molar-refractivity contribution is 7.15. The fourth-order valence-corrected chi connectivity index (χ4v) is 3.05. The lowest BCUT2D eigenvalue weighted by Crippen LogP contribution is -2.53. The van der Waals surface area contributed by atoms with Crippen molar-refractivity contribution in [2.75, 3.05) is 5.32 Å². The van der Waals surface area contributed by atoms with Crippen LogP contribution in [0, 0.1) is 13.8 Å². The Balaban J connectivity index is 2.02. The van der Waals surface area contributed by atoms with Crippen molar-refractivity contribution in [2.45, 2.75) is 45.1 Å². The number of carboxylic acid groups (broad SMARTS) is 1. The predicted molar refractivity (Wildman–Crippen MR) is 72.6 cm³/mol. The van der Waals surface area contributed by atoms with Gasteiger partial charge in [-0.3, -0.25) is 5.32 Å². The number of carbonyl (C=O) groups excluding carboxylic acids is 1. The molecule has 1 saturated carbocycles. The van der Waals surface area contributed by atoms with Crippen LogP contribution in [0.2, 0.25) is 0 Å². The number of aryl methyl sites for hydroxylation is 2. The number of hydrogen-bond donors (Lipinski definition) is 3. The quantitative estimate of drug-likeness (QED) is 0.793. The molecule has 2 amide bonds. The first-order valence-corrected chi connectivity index (χ1v) is 7.01. The lowest BCUT2D eigenvalue weighted by molar-refractivity contribution is -0.144. The molecule has 104 valence electrons. The number of carboxylic acids is 1. The van der Waals surface area contributed by atoms with E-state index in [1.807, 2.05) is 13.8 Å². The zero-order valence-electron chi connectivity index (χ0n) is 10.9. The third-order valence-corrected chi connectivity index (χ3v) is 4.46. The average Bonchev–Trinajstić information content (AvgIpc) is 2.88. The molecular weight excluding hydrogens is 266 g/mol. The maximum Gasteiger partial charge on any atom is 0.329 e. The number of nitrogens with zero attached hydrogens (tertiary/aromatic N) is 1. The van der Waals surface area contributed by atoms with Crippen LogP contribution >= 0.6 is 11.3 Å². The minimum Gasteiger partial charge on any atom is -0.480 e. The second-order valence-electron chi connectivity index (χ2n) is 4.83. The van der Waals surface area contributed by atoms with Crippen molar-refractivity contribution in [3.05, 3.63) is 10.6 Å². The van der Waals surface area contributed by atoms with Crippen molar-refractivity contribution in [2.24, 2.45) is 0 Å². The number of urea groups is 1. The van der Waals surface area contributed by atoms with Gasteiger partial charge in [-0.2, -0.15) is 0 Å². The van der Waals surface area contributed by atoms with Crippen molar-refractivity contribution in [3.63, 3.8) is 0 Å². The Labute approximate surface area is 115 Å². The molecule has 0 bridgehead atoms. The molecular formula is C12H17N3O3S. The maximum atomic E-state index is 11.9. The van der Waals surface area contributed by atoms with E-state index >= 15 is 0 Å². The first-order chi connectivity index (χ1) is 8.93. The first-order valence-electron chi connectivity index (χ1n) is 6.19. The van der Waals surface area contributed by atoms with Crippen LogP contribution in [0.3, 0.4) is 0 Å². The van der Waals surface area contributed by atoms with Gasteiger partial charge in [0.25, 0.3) is 0 Å². The van der Waals surface area contributed by atoms with Crippen LogP contribution in [-0.4, -0.2) is 27.6 Å². The topological polar surface area (TPSA) is 91.3 Å². The molecule has 6 nitrogen and oxygen atoms in total. The van der Waals surface area contributed by atoms with Crippen molar-refractivity contribution in [1.29, 1.82) is 0 Å². The van der Waals surface area contributed by atoms with E-state index in [9.17, 15) is 14.7 Å². The lowest BCUT2D eigenvalue weighted by atomic mass is 9.98. The van der Waals surface area contributed by atoms with Gasteiger partial charge < -0.3 is 10.4 Å². The first kappa shape index (κ1) is 13.8. The predicted octanol–water partition coefficient (Wildman–Crippen LogP) is 2.28. The number of amides is 2. The molecule has 1 fully saturated rings. The summed E-state index contributed by atoms with van der Waals surface area (Å²) in [6.45, 7) is 3.79. The molecule has 1 aliphatic rings. The van der Waals surface area contributed by atoms with E-state index in [1.165, 1.54) is 11.3 Å². The number of aliphatic carboxylic acids is 1. The Kier molecular flexibility index (Phi) is 3.75. The van der Waals surface area contributed by atoms with E-state index in [4.69, 9.17) is 0 Å². The molecule has 0 radical (unpaired) electrons. The molecule has 1 aromatic heterocycles. The van der Waals surface area contributed by atoms with Gasteiger partial charge in [0, 0.05) is 4.88 Å². The summed E-state index contributed by atoms with van der Waals surface area (Å²) in [5.41, 5.74) is -0.250. The number of aromatic nitrogens is 1. The third-order valence-electron chi connectivity index (χ3n) is 3.47. The highest BCUT2D eigenvalue weighted by atomic mass is 32.1. The van der Waals surface area contributed by atoms with Crippen LogP contribution in [0.25, 0.3) is 0 Å². The van der Waals surface area contributed by atoms with Gasteiger partial charge >= 0.3 is 12.0 Å². The highest BCUT2D eigenvalue weighted by Crippen LogP contribution is 2.30. The largest absolute Gasteiger partial charge is 0.480 e. The fraction of sp³-hybridized carbons (Fsp3) is 0.583. The van der Waals surface area contributed by atoms with Crippen molar-refractivity contribution in [1.82, 2.24) is 10.3 Å². The number of hydrogen-bond acceptors (Lipinski definition) is 4. The van der Waals surface area contributed by atoms with Crippen molar-refractivity contribution in [3.8, 4) is 0 Å². The molecule has 0 saturated heterocycles. The Morgan fingerprint density at radius 3 is 2.42 bits per heavy atom. The number of carbonyl (C=O) groups is 2. The van der Waals surface area contributed by atoms with Gasteiger partial charge in [0.15, 0.2) is 5.13 Å². The van der Waals surface area contributed by atoms with Crippen molar-refractivity contribution < 1.29 is 14.7 Å². The van der Waals surface area contributed by atoms with Crippen LogP contribution in [0.15, 0.2) is 0 Å². The van der Waals surface area contributed by atoms with Crippen LogP contribution < -0.4 is 10.6 Å². The summed E-state index contributed by atoms with van der Waals surface area (Å²) < 4.78 is 0. The standard InChI is InChI=1S/C12H17N3O3S/c1-7-8(2)19-11(13-7)14-10(18)15-12(9(16)17)5-3-4-6-12/h3-6H2,1-2H3,(H,16,17)(H2,13,14,15,18). The van der Waals surface area contributed by atoms with Crippen LogP contribution in [0.1, 0.15) is 36.3 Å². The Hall–Kier alpha value is -1.63. The molecule has 0 atom stereocenters. The molecule has 2 rings (SSSR count). The number of rotatable bonds is 3. The van der Waals surface area contributed by atoms with Crippen molar-refractivity contribution >= 4 is 28.5 Å². The highest BCUT2D eigenvalue weighted by Gasteiger charge is 2.42. The second kappa shape index (κ2) is 5.16. The average molecular weight is 283 g/mol. The van der Waals surface area contributed by atoms with Crippen LogP contribution in [-0.2, 0) is 4.79 Å². The SMILES string of the molecule is Cc1nc(NC(=O)NC2(C(=O)O)CCCC2)sc1C. The molecule has 0 spiro atoms. The van der Waals surface area contributed by atoms with Gasteiger partial charge in [0.1, 0.15) is 5.54 Å². The molecule has 0 unspecified atom stereocenters. The molecule has 3 N–H and O–H groups in total. The summed E-state index contributed by atoms with van der Waals surface area (Å²) in [7, 11) is 0. The Morgan fingerprint density at radius 1 is 1.32 bits per heavy atom. The van der Waals surface area contributed by atoms with Gasteiger partial charge in [-0.15, -0.1) is 11.3 Å². The van der Waals surface area contributed by atoms with E-state index in [-0.39, 0.29) is 0 Å². The van der Waals surface area contributed by atoms with E-state index in [2.05, 4.69) is 15.6 Å². The second-order valence-corrected chi connectivity index (χ2v) is 6.04. The lowest BCUT2D eigenvalue weighted by Gasteiger charge is -2.24. The number of thiazole rings is 1. The molecule has 1 aliphatic carbocycles. The smallest absolute Gasteiger partial charge is 0.329 e. The molecule has 0 aromatic carbocycles. The summed E-state index contributed by atoms with van der Waals surface area (Å²) in [5.74, 6) is -0.966. The Bertz CT molecular complexity index is 487. The normalized spacial score (nSPS) is 17.2. The minimum absolute atomic E-state index is 0.478. The Morgan fingerprint density at radius 2 is 1.95 bits per heavy atom. The summed E-state index contributed by atoms with van der Waals surface area (Å²) in [4.78, 5) is 28.4. The van der Waals surface area contributed by atoms with E-state index in [1.54, 1.807) is 0 Å². The van der Waals surface area contributed by atoms with E-state index in [0.29, 0.717) is 18.0 Å². The zero-order valence-corrected chi connectivity index (χ0v) is 11.8. The van der Waals surface area contributed by atoms with Crippen LogP contribution in [0.4, 0.5) is 9.93 Å². The summed E-state index contributed by atoms with van der Waals surface area (Å²) in [5, 5.41) is 15.0. The van der Waals surface area contributed by atoms with E-state index < -0.39 is 17.5 Å². The fourth-order valence-electron chi connectivity index (χ4n) is 2.24. The van der Waals surface area contributed by atoms with Gasteiger partial charge in [0.2, 0.25) is 0 Å². The molecule has 1 heterocycles.